The lowest BCUT2D eigenvalue weighted by Crippen LogP contribution is -2.12. The molecule has 1 aromatic heterocycles. The highest BCUT2D eigenvalue weighted by Gasteiger charge is 2.11. The van der Waals surface area contributed by atoms with Crippen LogP contribution in [-0.4, -0.2) is 18.6 Å². The van der Waals surface area contributed by atoms with E-state index in [2.05, 4.69) is 49.1 Å². The third-order valence-electron chi connectivity index (χ3n) is 2.85. The minimum atomic E-state index is 0.714. The molecule has 1 N–H and O–H groups in total. The minimum Gasteiger partial charge on any atom is -0.496 e. The molecule has 0 fully saturated rings. The van der Waals surface area contributed by atoms with Crippen LogP contribution in [0.4, 0.5) is 0 Å². The number of ether oxygens (including phenoxy) is 2. The monoisotopic (exact) mass is 414 g/mol. The van der Waals surface area contributed by atoms with Crippen molar-refractivity contribution in [2.45, 2.75) is 13.5 Å². The van der Waals surface area contributed by atoms with E-state index in [-0.39, 0.29) is 0 Å². The van der Waals surface area contributed by atoms with Gasteiger partial charge in [0.15, 0.2) is 0 Å². The van der Waals surface area contributed by atoms with Crippen LogP contribution in [0.15, 0.2) is 39.5 Å². The minimum absolute atomic E-state index is 0.714. The highest BCUT2D eigenvalue weighted by molar-refractivity contribution is 9.11. The summed E-state index contributed by atoms with van der Waals surface area (Å²) in [5, 5.41) is 3.27. The number of halogens is 2. The molecule has 0 amide bonds. The Balaban J connectivity index is 2.28. The van der Waals surface area contributed by atoms with Crippen molar-refractivity contribution in [3.8, 4) is 17.2 Å². The van der Waals surface area contributed by atoms with Crippen molar-refractivity contribution in [2.24, 2.45) is 0 Å². The zero-order valence-corrected chi connectivity index (χ0v) is 15.0. The molecule has 6 heteroatoms. The number of nitrogens with zero attached hydrogens (tertiary/aromatic N) is 1. The first-order valence-corrected chi connectivity index (χ1v) is 8.08. The van der Waals surface area contributed by atoms with Gasteiger partial charge in [-0.25, -0.2) is 0 Å². The molecule has 0 atom stereocenters. The van der Waals surface area contributed by atoms with Gasteiger partial charge in [0, 0.05) is 24.5 Å². The fourth-order valence-electron chi connectivity index (χ4n) is 1.77. The molecule has 2 aromatic rings. The summed E-state index contributed by atoms with van der Waals surface area (Å²) in [5.74, 6) is 2.24. The lowest BCUT2D eigenvalue weighted by molar-refractivity contribution is 0.409. The van der Waals surface area contributed by atoms with Gasteiger partial charge < -0.3 is 14.8 Å². The first-order valence-electron chi connectivity index (χ1n) is 6.50. The SMILES string of the molecule is CCNCc1cnccc1Oc1cc(Br)c(OC)cc1Br. The van der Waals surface area contributed by atoms with Crippen molar-refractivity contribution in [3.63, 3.8) is 0 Å². The second kappa shape index (κ2) is 7.77. The van der Waals surface area contributed by atoms with E-state index in [9.17, 15) is 0 Å². The number of hydrogen-bond acceptors (Lipinski definition) is 4. The molecule has 0 bridgehead atoms. The quantitative estimate of drug-likeness (QED) is 0.753. The molecule has 2 rings (SSSR count). The van der Waals surface area contributed by atoms with E-state index in [4.69, 9.17) is 9.47 Å². The van der Waals surface area contributed by atoms with Crippen LogP contribution in [0.1, 0.15) is 12.5 Å². The summed E-state index contributed by atoms with van der Waals surface area (Å²) in [6.07, 6.45) is 3.53. The van der Waals surface area contributed by atoms with Crippen LogP contribution in [-0.2, 0) is 6.54 Å². The summed E-state index contributed by atoms with van der Waals surface area (Å²) in [6.45, 7) is 3.68. The molecule has 0 saturated carbocycles. The molecular formula is C15H16Br2N2O2. The van der Waals surface area contributed by atoms with Gasteiger partial charge in [-0.3, -0.25) is 4.98 Å². The van der Waals surface area contributed by atoms with Crippen LogP contribution in [0.2, 0.25) is 0 Å². The molecule has 0 radical (unpaired) electrons. The molecule has 1 aromatic carbocycles. The van der Waals surface area contributed by atoms with Crippen LogP contribution >= 0.6 is 31.9 Å². The summed E-state index contributed by atoms with van der Waals surface area (Å²) >= 11 is 6.96. The van der Waals surface area contributed by atoms with Gasteiger partial charge in [-0.05, 0) is 56.6 Å². The number of nitrogens with one attached hydrogen (secondary N) is 1. The first kappa shape index (κ1) is 16.3. The lowest BCUT2D eigenvalue weighted by atomic mass is 10.2. The zero-order chi connectivity index (χ0) is 15.2. The van der Waals surface area contributed by atoms with E-state index in [0.29, 0.717) is 12.3 Å². The molecule has 0 aliphatic rings. The molecular weight excluding hydrogens is 400 g/mol. The largest absolute Gasteiger partial charge is 0.496 e. The predicted molar refractivity (Wildman–Crippen MR) is 90.1 cm³/mol. The maximum Gasteiger partial charge on any atom is 0.143 e. The summed E-state index contributed by atoms with van der Waals surface area (Å²) in [5.41, 5.74) is 1.01. The average molecular weight is 416 g/mol. The Morgan fingerprint density at radius 3 is 2.57 bits per heavy atom. The van der Waals surface area contributed by atoms with Crippen LogP contribution in [0.5, 0.6) is 17.2 Å². The first-order chi connectivity index (χ1) is 10.2. The smallest absolute Gasteiger partial charge is 0.143 e. The van der Waals surface area contributed by atoms with E-state index < -0.39 is 0 Å². The van der Waals surface area contributed by atoms with Crippen LogP contribution in [0, 0.1) is 0 Å². The summed E-state index contributed by atoms with van der Waals surface area (Å²) < 4.78 is 12.9. The van der Waals surface area contributed by atoms with E-state index >= 15 is 0 Å². The van der Waals surface area contributed by atoms with Crippen molar-refractivity contribution in [1.29, 1.82) is 0 Å². The van der Waals surface area contributed by atoms with Crippen molar-refractivity contribution >= 4 is 31.9 Å². The van der Waals surface area contributed by atoms with Crippen molar-refractivity contribution in [1.82, 2.24) is 10.3 Å². The van der Waals surface area contributed by atoms with Gasteiger partial charge in [0.2, 0.25) is 0 Å². The summed E-state index contributed by atoms with van der Waals surface area (Å²) in [7, 11) is 1.63. The van der Waals surface area contributed by atoms with Crippen LogP contribution in [0.3, 0.4) is 0 Å². The highest BCUT2D eigenvalue weighted by Crippen LogP contribution is 2.38. The molecule has 112 valence electrons. The standard InChI is InChI=1S/C15H16Br2N2O2/c1-3-18-8-10-9-19-5-4-13(10)21-15-7-11(16)14(20-2)6-12(15)17/h4-7,9,18H,3,8H2,1-2H3. The van der Waals surface area contributed by atoms with Crippen molar-refractivity contribution < 1.29 is 9.47 Å². The lowest BCUT2D eigenvalue weighted by Gasteiger charge is -2.13. The van der Waals surface area contributed by atoms with Gasteiger partial charge in [-0.15, -0.1) is 0 Å². The number of methoxy groups -OCH3 is 1. The highest BCUT2D eigenvalue weighted by atomic mass is 79.9. The maximum absolute atomic E-state index is 6.01. The van der Waals surface area contributed by atoms with Crippen LogP contribution < -0.4 is 14.8 Å². The van der Waals surface area contributed by atoms with Gasteiger partial charge >= 0.3 is 0 Å². The van der Waals surface area contributed by atoms with Gasteiger partial charge in [-0.2, -0.15) is 0 Å². The van der Waals surface area contributed by atoms with E-state index in [1.54, 1.807) is 13.3 Å². The summed E-state index contributed by atoms with van der Waals surface area (Å²) in [6, 6.07) is 5.60. The van der Waals surface area contributed by atoms with Gasteiger partial charge in [0.05, 0.1) is 16.1 Å². The van der Waals surface area contributed by atoms with Gasteiger partial charge in [0.1, 0.15) is 17.2 Å². The molecule has 4 nitrogen and oxygen atoms in total. The third kappa shape index (κ3) is 4.18. The second-order valence-corrected chi connectivity index (χ2v) is 5.99. The fourth-order valence-corrected chi connectivity index (χ4v) is 2.66. The van der Waals surface area contributed by atoms with E-state index in [1.807, 2.05) is 24.4 Å². The Bertz CT molecular complexity index is 621. The predicted octanol–water partition coefficient (Wildman–Crippen LogP) is 4.52. The normalized spacial score (nSPS) is 10.5. The van der Waals surface area contributed by atoms with E-state index in [1.165, 1.54) is 0 Å². The summed E-state index contributed by atoms with van der Waals surface area (Å²) in [4.78, 5) is 4.15. The number of aromatic nitrogens is 1. The zero-order valence-electron chi connectivity index (χ0n) is 11.8. The Morgan fingerprint density at radius 2 is 1.86 bits per heavy atom. The third-order valence-corrected chi connectivity index (χ3v) is 4.09. The van der Waals surface area contributed by atoms with Gasteiger partial charge in [-0.1, -0.05) is 6.92 Å². The Labute approximate surface area is 141 Å². The van der Waals surface area contributed by atoms with Crippen molar-refractivity contribution in [3.05, 3.63) is 45.1 Å². The molecule has 0 saturated heterocycles. The topological polar surface area (TPSA) is 43.4 Å². The molecule has 0 aliphatic heterocycles. The molecule has 1 heterocycles. The average Bonchev–Trinajstić information content (AvgIpc) is 2.49. The molecule has 0 spiro atoms. The Morgan fingerprint density at radius 1 is 1.14 bits per heavy atom. The maximum atomic E-state index is 6.01. The second-order valence-electron chi connectivity index (χ2n) is 4.28. The van der Waals surface area contributed by atoms with Crippen molar-refractivity contribution in [2.75, 3.05) is 13.7 Å². The number of pyridine rings is 1. The Hall–Kier alpha value is -1.11. The van der Waals surface area contributed by atoms with Crippen LogP contribution in [0.25, 0.3) is 0 Å². The van der Waals surface area contributed by atoms with Gasteiger partial charge in [0.25, 0.3) is 0 Å². The number of hydrogen-bond donors (Lipinski definition) is 1. The number of rotatable bonds is 6. The van der Waals surface area contributed by atoms with E-state index in [0.717, 1.165) is 32.6 Å². The molecule has 0 unspecified atom stereocenters. The molecule has 21 heavy (non-hydrogen) atoms. The fraction of sp³-hybridized carbons (Fsp3) is 0.267. The number of benzene rings is 1. The molecule has 0 aliphatic carbocycles. The Kier molecular flexibility index (Phi) is 6.02.